The molecule has 0 heterocycles. The van der Waals surface area contributed by atoms with E-state index < -0.39 is 5.82 Å². The van der Waals surface area contributed by atoms with Crippen molar-refractivity contribution in [2.75, 3.05) is 31.9 Å². The van der Waals surface area contributed by atoms with Crippen molar-refractivity contribution in [3.8, 4) is 5.75 Å². The van der Waals surface area contributed by atoms with Crippen molar-refractivity contribution in [1.29, 1.82) is 0 Å². The van der Waals surface area contributed by atoms with E-state index in [2.05, 4.69) is 5.32 Å². The number of rotatable bonds is 6. The minimum Gasteiger partial charge on any atom is -0.495 e. The fourth-order valence-electron chi connectivity index (χ4n) is 1.64. The van der Waals surface area contributed by atoms with E-state index in [-0.39, 0.29) is 11.7 Å². The average molecular weight is 256 g/mol. The summed E-state index contributed by atoms with van der Waals surface area (Å²) in [5, 5.41) is 3.11. The summed E-state index contributed by atoms with van der Waals surface area (Å²) >= 11 is 0. The Morgan fingerprint density at radius 2 is 2.00 bits per heavy atom. The molecule has 0 spiro atoms. The van der Waals surface area contributed by atoms with Crippen molar-refractivity contribution in [2.24, 2.45) is 5.92 Å². The molecule has 1 atom stereocenters. The second kappa shape index (κ2) is 6.44. The van der Waals surface area contributed by atoms with Gasteiger partial charge >= 0.3 is 0 Å². The van der Waals surface area contributed by atoms with Gasteiger partial charge in [-0.05, 0) is 5.92 Å². The average Bonchev–Trinajstić information content (AvgIpc) is 2.31. The van der Waals surface area contributed by atoms with E-state index in [4.69, 9.17) is 15.2 Å². The van der Waals surface area contributed by atoms with Gasteiger partial charge in [-0.1, -0.05) is 13.8 Å². The van der Waals surface area contributed by atoms with Crippen molar-refractivity contribution < 1.29 is 13.9 Å². The van der Waals surface area contributed by atoms with Gasteiger partial charge in [-0.15, -0.1) is 0 Å². The minimum absolute atomic E-state index is 0.0258. The molecule has 0 bridgehead atoms. The van der Waals surface area contributed by atoms with Crippen LogP contribution in [0.25, 0.3) is 0 Å². The first-order valence-electron chi connectivity index (χ1n) is 5.88. The second-order valence-corrected chi connectivity index (χ2v) is 4.52. The molecule has 4 nitrogen and oxygen atoms in total. The lowest BCUT2D eigenvalue weighted by Gasteiger charge is -2.23. The first kappa shape index (κ1) is 14.6. The minimum atomic E-state index is -0.393. The Hall–Kier alpha value is -1.49. The number of anilines is 2. The molecule has 0 radical (unpaired) electrons. The van der Waals surface area contributed by atoms with Gasteiger partial charge in [0.05, 0.1) is 31.1 Å². The van der Waals surface area contributed by atoms with Crippen LogP contribution in [0.5, 0.6) is 5.75 Å². The smallest absolute Gasteiger partial charge is 0.148 e. The van der Waals surface area contributed by atoms with Gasteiger partial charge in [0.15, 0.2) is 0 Å². The number of ether oxygens (including phenoxy) is 2. The Morgan fingerprint density at radius 1 is 1.33 bits per heavy atom. The van der Waals surface area contributed by atoms with E-state index in [9.17, 15) is 4.39 Å². The number of benzene rings is 1. The largest absolute Gasteiger partial charge is 0.495 e. The Bertz CT molecular complexity index is 397. The molecule has 1 aromatic carbocycles. The van der Waals surface area contributed by atoms with E-state index in [0.717, 1.165) is 0 Å². The quantitative estimate of drug-likeness (QED) is 0.768. The van der Waals surface area contributed by atoms with Gasteiger partial charge in [0.2, 0.25) is 0 Å². The number of hydrogen-bond donors (Lipinski definition) is 2. The maximum atomic E-state index is 13.8. The van der Waals surface area contributed by atoms with Gasteiger partial charge in [-0.3, -0.25) is 0 Å². The highest BCUT2D eigenvalue weighted by molar-refractivity contribution is 5.62. The Labute approximate surface area is 107 Å². The van der Waals surface area contributed by atoms with E-state index in [1.165, 1.54) is 13.2 Å². The molecule has 0 aliphatic carbocycles. The van der Waals surface area contributed by atoms with Crippen LogP contribution in [0, 0.1) is 11.7 Å². The zero-order valence-electron chi connectivity index (χ0n) is 11.3. The lowest BCUT2D eigenvalue weighted by atomic mass is 10.0. The molecular formula is C13H21FN2O2. The number of halogens is 1. The lowest BCUT2D eigenvalue weighted by molar-refractivity contribution is 0.171. The third-order valence-electron chi connectivity index (χ3n) is 2.81. The zero-order chi connectivity index (χ0) is 13.7. The van der Waals surface area contributed by atoms with Gasteiger partial charge in [0.25, 0.3) is 0 Å². The summed E-state index contributed by atoms with van der Waals surface area (Å²) in [6, 6.07) is 2.85. The monoisotopic (exact) mass is 256 g/mol. The van der Waals surface area contributed by atoms with E-state index >= 15 is 0 Å². The van der Waals surface area contributed by atoms with Crippen LogP contribution >= 0.6 is 0 Å². The van der Waals surface area contributed by atoms with E-state index in [0.29, 0.717) is 24.0 Å². The molecule has 18 heavy (non-hydrogen) atoms. The van der Waals surface area contributed by atoms with E-state index in [1.807, 2.05) is 13.8 Å². The molecule has 0 aromatic heterocycles. The van der Waals surface area contributed by atoms with Crippen LogP contribution in [-0.2, 0) is 4.74 Å². The molecule has 102 valence electrons. The normalized spacial score (nSPS) is 12.6. The summed E-state index contributed by atoms with van der Waals surface area (Å²) in [5.41, 5.74) is 6.29. The molecule has 0 amide bonds. The maximum absolute atomic E-state index is 13.8. The van der Waals surface area contributed by atoms with Crippen molar-refractivity contribution in [3.05, 3.63) is 17.9 Å². The zero-order valence-corrected chi connectivity index (χ0v) is 11.3. The molecule has 5 heteroatoms. The molecule has 0 aliphatic heterocycles. The molecular weight excluding hydrogens is 235 g/mol. The van der Waals surface area contributed by atoms with Crippen LogP contribution in [0.15, 0.2) is 12.1 Å². The predicted octanol–water partition coefficient (Wildman–Crippen LogP) is 2.50. The number of nitrogens with two attached hydrogens (primary N) is 1. The predicted molar refractivity (Wildman–Crippen MR) is 71.5 cm³/mol. The number of methoxy groups -OCH3 is 2. The summed E-state index contributed by atoms with van der Waals surface area (Å²) in [7, 11) is 3.12. The van der Waals surface area contributed by atoms with Crippen LogP contribution in [0.3, 0.4) is 0 Å². The second-order valence-electron chi connectivity index (χ2n) is 4.52. The molecule has 1 aromatic rings. The summed E-state index contributed by atoms with van der Waals surface area (Å²) < 4.78 is 24.0. The third-order valence-corrected chi connectivity index (χ3v) is 2.81. The summed E-state index contributed by atoms with van der Waals surface area (Å²) in [5.74, 6) is 0.377. The van der Waals surface area contributed by atoms with Crippen LogP contribution in [-0.4, -0.2) is 26.9 Å². The number of nitrogens with one attached hydrogen (secondary N) is 1. The van der Waals surface area contributed by atoms with Gasteiger partial charge < -0.3 is 20.5 Å². The van der Waals surface area contributed by atoms with Crippen molar-refractivity contribution in [3.63, 3.8) is 0 Å². The fraction of sp³-hybridized carbons (Fsp3) is 0.538. The topological polar surface area (TPSA) is 56.5 Å². The number of nitrogen functional groups attached to an aromatic ring is 1. The van der Waals surface area contributed by atoms with Gasteiger partial charge in [0.1, 0.15) is 11.6 Å². The molecule has 0 saturated carbocycles. The standard InChI is InChI=1S/C13H21FN2O2/c1-8(2)12(7-17-3)16-11-6-13(18-4)10(15)5-9(11)14/h5-6,8,12,16H,7,15H2,1-4H3. The molecule has 1 rings (SSSR count). The van der Waals surface area contributed by atoms with Crippen LogP contribution in [0.4, 0.5) is 15.8 Å². The first-order valence-corrected chi connectivity index (χ1v) is 5.88. The van der Waals surface area contributed by atoms with Crippen molar-refractivity contribution >= 4 is 11.4 Å². The molecule has 0 saturated heterocycles. The maximum Gasteiger partial charge on any atom is 0.148 e. The van der Waals surface area contributed by atoms with Gasteiger partial charge in [0, 0.05) is 19.2 Å². The molecule has 1 unspecified atom stereocenters. The van der Waals surface area contributed by atoms with E-state index in [1.54, 1.807) is 13.2 Å². The van der Waals surface area contributed by atoms with Crippen LogP contribution < -0.4 is 15.8 Å². The molecule has 0 aliphatic rings. The highest BCUT2D eigenvalue weighted by Crippen LogP contribution is 2.29. The van der Waals surface area contributed by atoms with Crippen molar-refractivity contribution in [1.82, 2.24) is 0 Å². The lowest BCUT2D eigenvalue weighted by Crippen LogP contribution is -2.30. The molecule has 3 N–H and O–H groups in total. The van der Waals surface area contributed by atoms with Crippen molar-refractivity contribution in [2.45, 2.75) is 19.9 Å². The van der Waals surface area contributed by atoms with Gasteiger partial charge in [-0.2, -0.15) is 0 Å². The summed E-state index contributed by atoms with van der Waals surface area (Å²) in [6.07, 6.45) is 0. The Balaban J connectivity index is 2.94. The summed E-state index contributed by atoms with van der Waals surface area (Å²) in [4.78, 5) is 0. The molecule has 0 fully saturated rings. The Morgan fingerprint density at radius 3 is 2.50 bits per heavy atom. The SMILES string of the molecule is COCC(Nc1cc(OC)c(N)cc1F)C(C)C. The van der Waals surface area contributed by atoms with Crippen LogP contribution in [0.1, 0.15) is 13.8 Å². The summed E-state index contributed by atoms with van der Waals surface area (Å²) in [6.45, 7) is 4.59. The Kier molecular flexibility index (Phi) is 5.22. The van der Waals surface area contributed by atoms with Crippen LogP contribution in [0.2, 0.25) is 0 Å². The highest BCUT2D eigenvalue weighted by Gasteiger charge is 2.16. The number of hydrogen-bond acceptors (Lipinski definition) is 4. The first-order chi connectivity index (χ1) is 8.49. The third kappa shape index (κ3) is 3.50. The van der Waals surface area contributed by atoms with Gasteiger partial charge in [-0.25, -0.2) is 4.39 Å². The highest BCUT2D eigenvalue weighted by atomic mass is 19.1. The fourth-order valence-corrected chi connectivity index (χ4v) is 1.64.